The van der Waals surface area contributed by atoms with Gasteiger partial charge in [0.2, 0.25) is 0 Å². The van der Waals surface area contributed by atoms with Gasteiger partial charge in [-0.05, 0) is 44.6 Å². The topological polar surface area (TPSA) is 32.3 Å². The first-order valence-electron chi connectivity index (χ1n) is 5.44. The summed E-state index contributed by atoms with van der Waals surface area (Å²) >= 11 is 0. The van der Waals surface area contributed by atoms with Crippen LogP contribution in [0.3, 0.4) is 0 Å². The third-order valence-electron chi connectivity index (χ3n) is 3.06. The first-order chi connectivity index (χ1) is 6.08. The second-order valence-electron chi connectivity index (χ2n) is 4.96. The molecule has 1 aliphatic rings. The molecule has 0 unspecified atom stereocenters. The smallest absolute Gasteiger partial charge is 0.0613 e. The van der Waals surface area contributed by atoms with Gasteiger partial charge in [-0.25, -0.2) is 0 Å². The van der Waals surface area contributed by atoms with Crippen LogP contribution in [0.5, 0.6) is 0 Å². The normalized spacial score (nSPS) is 21.9. The number of aliphatic hydroxyl groups is 1. The predicted molar refractivity (Wildman–Crippen MR) is 55.7 cm³/mol. The first-order valence-corrected chi connectivity index (χ1v) is 5.44. The van der Waals surface area contributed by atoms with Crippen molar-refractivity contribution in [3.63, 3.8) is 0 Å². The molecule has 0 aliphatic heterocycles. The quantitative estimate of drug-likeness (QED) is 0.661. The molecule has 0 aromatic rings. The standard InChI is InChI=1S/C11H23NO/c1-9(2)6-7-12-11(3,8-13)10-4-5-10/h9-10,12-13H,4-8H2,1-3H3/t11-/m0/s1. The number of rotatable bonds is 6. The second kappa shape index (κ2) is 4.43. The van der Waals surface area contributed by atoms with Crippen molar-refractivity contribution in [2.24, 2.45) is 11.8 Å². The van der Waals surface area contributed by atoms with E-state index in [1.54, 1.807) is 0 Å². The minimum Gasteiger partial charge on any atom is -0.394 e. The van der Waals surface area contributed by atoms with Crippen LogP contribution in [0.2, 0.25) is 0 Å². The third kappa shape index (κ3) is 3.28. The zero-order valence-corrected chi connectivity index (χ0v) is 9.14. The molecule has 1 aliphatic carbocycles. The van der Waals surface area contributed by atoms with Gasteiger partial charge in [-0.3, -0.25) is 0 Å². The second-order valence-corrected chi connectivity index (χ2v) is 4.96. The highest BCUT2D eigenvalue weighted by Crippen LogP contribution is 2.39. The molecule has 2 heteroatoms. The maximum Gasteiger partial charge on any atom is 0.0613 e. The van der Waals surface area contributed by atoms with E-state index in [0.717, 1.165) is 12.5 Å². The fourth-order valence-corrected chi connectivity index (χ4v) is 1.70. The minimum atomic E-state index is -0.00507. The van der Waals surface area contributed by atoms with E-state index in [9.17, 15) is 5.11 Å². The van der Waals surface area contributed by atoms with E-state index in [0.29, 0.717) is 5.92 Å². The van der Waals surface area contributed by atoms with Gasteiger partial charge in [0.25, 0.3) is 0 Å². The largest absolute Gasteiger partial charge is 0.394 e. The van der Waals surface area contributed by atoms with Crippen molar-refractivity contribution in [2.45, 2.75) is 45.6 Å². The molecule has 0 bridgehead atoms. The molecule has 0 saturated heterocycles. The molecule has 0 spiro atoms. The van der Waals surface area contributed by atoms with Crippen molar-refractivity contribution < 1.29 is 5.11 Å². The lowest BCUT2D eigenvalue weighted by molar-refractivity contribution is 0.153. The van der Waals surface area contributed by atoms with Crippen molar-refractivity contribution in [3.05, 3.63) is 0 Å². The van der Waals surface area contributed by atoms with Crippen LogP contribution in [-0.2, 0) is 0 Å². The van der Waals surface area contributed by atoms with Crippen LogP contribution in [0, 0.1) is 11.8 Å². The van der Waals surface area contributed by atoms with Crippen LogP contribution >= 0.6 is 0 Å². The summed E-state index contributed by atoms with van der Waals surface area (Å²) in [5.41, 5.74) is -0.00507. The summed E-state index contributed by atoms with van der Waals surface area (Å²) in [6, 6.07) is 0. The van der Waals surface area contributed by atoms with Crippen molar-refractivity contribution in [1.82, 2.24) is 5.32 Å². The lowest BCUT2D eigenvalue weighted by Gasteiger charge is -2.29. The van der Waals surface area contributed by atoms with Crippen molar-refractivity contribution >= 4 is 0 Å². The Kier molecular flexibility index (Phi) is 3.74. The van der Waals surface area contributed by atoms with Gasteiger partial charge in [-0.1, -0.05) is 13.8 Å². The molecular formula is C11H23NO. The highest BCUT2D eigenvalue weighted by Gasteiger charge is 2.40. The van der Waals surface area contributed by atoms with E-state index in [1.807, 2.05) is 0 Å². The van der Waals surface area contributed by atoms with Gasteiger partial charge >= 0.3 is 0 Å². The average molecular weight is 185 g/mol. The maximum absolute atomic E-state index is 9.30. The third-order valence-corrected chi connectivity index (χ3v) is 3.06. The zero-order chi connectivity index (χ0) is 9.90. The molecule has 0 amide bonds. The van der Waals surface area contributed by atoms with Crippen LogP contribution in [0.4, 0.5) is 0 Å². The molecule has 1 rings (SSSR count). The van der Waals surface area contributed by atoms with Gasteiger partial charge < -0.3 is 10.4 Å². The Labute approximate surface area is 81.7 Å². The van der Waals surface area contributed by atoms with E-state index in [-0.39, 0.29) is 12.1 Å². The summed E-state index contributed by atoms with van der Waals surface area (Å²) < 4.78 is 0. The van der Waals surface area contributed by atoms with Gasteiger partial charge in [0.15, 0.2) is 0 Å². The molecule has 13 heavy (non-hydrogen) atoms. The summed E-state index contributed by atoms with van der Waals surface area (Å²) in [6.07, 6.45) is 3.76. The SMILES string of the molecule is CC(C)CCN[C@@](C)(CO)C1CC1. The Morgan fingerprint density at radius 3 is 2.46 bits per heavy atom. The van der Waals surface area contributed by atoms with Crippen LogP contribution in [0.1, 0.15) is 40.0 Å². The van der Waals surface area contributed by atoms with Crippen LogP contribution in [0.25, 0.3) is 0 Å². The van der Waals surface area contributed by atoms with E-state index in [2.05, 4.69) is 26.1 Å². The predicted octanol–water partition coefficient (Wildman–Crippen LogP) is 1.78. The molecule has 2 nitrogen and oxygen atoms in total. The molecule has 2 N–H and O–H groups in total. The van der Waals surface area contributed by atoms with E-state index in [4.69, 9.17) is 0 Å². The van der Waals surface area contributed by atoms with Gasteiger partial charge in [0.1, 0.15) is 0 Å². The summed E-state index contributed by atoms with van der Waals surface area (Å²) in [6.45, 7) is 7.91. The Hall–Kier alpha value is -0.0800. The van der Waals surface area contributed by atoms with Gasteiger partial charge in [-0.2, -0.15) is 0 Å². The Bertz CT molecular complexity index is 154. The van der Waals surface area contributed by atoms with E-state index in [1.165, 1.54) is 19.3 Å². The summed E-state index contributed by atoms with van der Waals surface area (Å²) in [7, 11) is 0. The highest BCUT2D eigenvalue weighted by atomic mass is 16.3. The van der Waals surface area contributed by atoms with Gasteiger partial charge in [0, 0.05) is 5.54 Å². The number of aliphatic hydroxyl groups excluding tert-OH is 1. The molecule has 0 aromatic heterocycles. The van der Waals surface area contributed by atoms with Crippen molar-refractivity contribution in [3.8, 4) is 0 Å². The Morgan fingerprint density at radius 2 is 2.08 bits per heavy atom. The van der Waals surface area contributed by atoms with Crippen LogP contribution in [-0.4, -0.2) is 23.8 Å². The fourth-order valence-electron chi connectivity index (χ4n) is 1.70. The Balaban J connectivity index is 2.23. The number of nitrogens with one attached hydrogen (secondary N) is 1. The summed E-state index contributed by atoms with van der Waals surface area (Å²) in [5, 5.41) is 12.8. The molecule has 1 fully saturated rings. The zero-order valence-electron chi connectivity index (χ0n) is 9.14. The first kappa shape index (κ1) is 11.0. The average Bonchev–Trinajstić information content (AvgIpc) is 2.85. The lowest BCUT2D eigenvalue weighted by Crippen LogP contribution is -2.48. The fraction of sp³-hybridized carbons (Fsp3) is 1.00. The van der Waals surface area contributed by atoms with Crippen molar-refractivity contribution in [2.75, 3.05) is 13.2 Å². The van der Waals surface area contributed by atoms with Crippen LogP contribution < -0.4 is 5.32 Å². The molecule has 0 heterocycles. The maximum atomic E-state index is 9.30. The lowest BCUT2D eigenvalue weighted by atomic mass is 9.96. The van der Waals surface area contributed by atoms with Crippen molar-refractivity contribution in [1.29, 1.82) is 0 Å². The van der Waals surface area contributed by atoms with E-state index >= 15 is 0 Å². The van der Waals surface area contributed by atoms with Crippen LogP contribution in [0.15, 0.2) is 0 Å². The highest BCUT2D eigenvalue weighted by molar-refractivity contribution is 4.97. The summed E-state index contributed by atoms with van der Waals surface area (Å²) in [4.78, 5) is 0. The number of hydrogen-bond acceptors (Lipinski definition) is 2. The molecular weight excluding hydrogens is 162 g/mol. The molecule has 0 radical (unpaired) electrons. The molecule has 1 saturated carbocycles. The molecule has 0 aromatic carbocycles. The number of hydrogen-bond donors (Lipinski definition) is 2. The monoisotopic (exact) mass is 185 g/mol. The van der Waals surface area contributed by atoms with Gasteiger partial charge in [-0.15, -0.1) is 0 Å². The summed E-state index contributed by atoms with van der Waals surface area (Å²) in [5.74, 6) is 1.46. The van der Waals surface area contributed by atoms with E-state index < -0.39 is 0 Å². The molecule has 1 atom stereocenters. The Morgan fingerprint density at radius 1 is 1.46 bits per heavy atom. The van der Waals surface area contributed by atoms with Gasteiger partial charge in [0.05, 0.1) is 6.61 Å². The minimum absolute atomic E-state index is 0.00507. The molecule has 78 valence electrons.